The van der Waals surface area contributed by atoms with Gasteiger partial charge in [0.2, 0.25) is 10.0 Å². The van der Waals surface area contributed by atoms with Crippen molar-refractivity contribution in [3.05, 3.63) is 27.8 Å². The first kappa shape index (κ1) is 17.3. The first-order valence-corrected chi connectivity index (χ1v) is 7.83. The summed E-state index contributed by atoms with van der Waals surface area (Å²) < 4.78 is 32.0. The van der Waals surface area contributed by atoms with Crippen LogP contribution in [-0.2, 0) is 14.8 Å². The van der Waals surface area contributed by atoms with E-state index in [9.17, 15) is 18.5 Å². The molecular formula is C12H19N3O5S. The predicted octanol–water partition coefficient (Wildman–Crippen LogP) is 1.19. The highest BCUT2D eigenvalue weighted by Crippen LogP contribution is 2.28. The minimum atomic E-state index is -3.87. The first-order chi connectivity index (χ1) is 9.69. The summed E-state index contributed by atoms with van der Waals surface area (Å²) in [5.74, 6) is 0. The van der Waals surface area contributed by atoms with Crippen molar-refractivity contribution in [2.45, 2.75) is 31.8 Å². The zero-order valence-electron chi connectivity index (χ0n) is 12.1. The molecule has 1 aromatic carbocycles. The van der Waals surface area contributed by atoms with Gasteiger partial charge in [0.25, 0.3) is 5.69 Å². The van der Waals surface area contributed by atoms with Crippen LogP contribution in [0.4, 0.5) is 11.4 Å². The van der Waals surface area contributed by atoms with E-state index in [4.69, 9.17) is 10.5 Å². The van der Waals surface area contributed by atoms with Crippen LogP contribution in [-0.4, -0.2) is 32.6 Å². The summed E-state index contributed by atoms with van der Waals surface area (Å²) in [5, 5.41) is 10.9. The fraction of sp³-hybridized carbons (Fsp3) is 0.500. The van der Waals surface area contributed by atoms with Crippen molar-refractivity contribution in [3.8, 4) is 0 Å². The second kappa shape index (κ2) is 6.83. The van der Waals surface area contributed by atoms with Crippen molar-refractivity contribution >= 4 is 21.4 Å². The topological polar surface area (TPSA) is 125 Å². The standard InChI is InChI=1S/C12H19N3O5S/c1-4-20-9(3)7-14-21(18,19)12-6-11(15(16)17)10(13)5-8(12)2/h5-6,9,14H,4,7,13H2,1-3H3. The number of nitrogen functional groups attached to an aromatic ring is 1. The van der Waals surface area contributed by atoms with Crippen molar-refractivity contribution in [2.24, 2.45) is 0 Å². The largest absolute Gasteiger partial charge is 0.393 e. The van der Waals surface area contributed by atoms with Gasteiger partial charge in [-0.1, -0.05) is 0 Å². The molecule has 0 aromatic heterocycles. The molecule has 21 heavy (non-hydrogen) atoms. The minimum absolute atomic E-state index is 0.0702. The van der Waals surface area contributed by atoms with E-state index in [0.717, 1.165) is 6.07 Å². The number of sulfonamides is 1. The lowest BCUT2D eigenvalue weighted by molar-refractivity contribution is -0.384. The number of nitrogens with two attached hydrogens (primary N) is 1. The third kappa shape index (κ3) is 4.38. The zero-order chi connectivity index (χ0) is 16.2. The van der Waals surface area contributed by atoms with Crippen LogP contribution in [0.2, 0.25) is 0 Å². The normalized spacial score (nSPS) is 13.1. The fourth-order valence-electron chi connectivity index (χ4n) is 1.80. The number of aryl methyl sites for hydroxylation is 1. The first-order valence-electron chi connectivity index (χ1n) is 6.34. The molecule has 118 valence electrons. The highest BCUT2D eigenvalue weighted by molar-refractivity contribution is 7.89. The van der Waals surface area contributed by atoms with Gasteiger partial charge in [0.15, 0.2) is 0 Å². The average molecular weight is 317 g/mol. The Kier molecular flexibility index (Phi) is 5.64. The number of nitrogens with one attached hydrogen (secondary N) is 1. The molecule has 1 rings (SSSR count). The maximum atomic E-state index is 12.2. The predicted molar refractivity (Wildman–Crippen MR) is 78.5 cm³/mol. The average Bonchev–Trinajstić information content (AvgIpc) is 2.36. The SMILES string of the molecule is CCOC(C)CNS(=O)(=O)c1cc([N+](=O)[O-])c(N)cc1C. The quantitative estimate of drug-likeness (QED) is 0.442. The van der Waals surface area contributed by atoms with E-state index >= 15 is 0 Å². The molecule has 1 unspecified atom stereocenters. The second-order valence-electron chi connectivity index (χ2n) is 4.55. The molecule has 1 atom stereocenters. The third-order valence-electron chi connectivity index (χ3n) is 2.82. The number of anilines is 1. The molecule has 0 radical (unpaired) electrons. The van der Waals surface area contributed by atoms with Gasteiger partial charge in [-0.25, -0.2) is 13.1 Å². The van der Waals surface area contributed by atoms with Gasteiger partial charge in [-0.3, -0.25) is 10.1 Å². The number of nitro groups is 1. The number of nitrogens with zero attached hydrogens (tertiary/aromatic N) is 1. The van der Waals surface area contributed by atoms with Crippen LogP contribution in [0.25, 0.3) is 0 Å². The van der Waals surface area contributed by atoms with Gasteiger partial charge in [-0.05, 0) is 32.4 Å². The molecule has 1 aromatic rings. The Balaban J connectivity index is 3.08. The van der Waals surface area contributed by atoms with Crippen molar-refractivity contribution in [3.63, 3.8) is 0 Å². The molecule has 0 aliphatic rings. The molecule has 0 amide bonds. The van der Waals surface area contributed by atoms with Gasteiger partial charge in [-0.2, -0.15) is 0 Å². The third-order valence-corrected chi connectivity index (χ3v) is 4.39. The van der Waals surface area contributed by atoms with Crippen LogP contribution in [0.5, 0.6) is 0 Å². The minimum Gasteiger partial charge on any atom is -0.393 e. The molecule has 3 N–H and O–H groups in total. The van der Waals surface area contributed by atoms with E-state index in [-0.39, 0.29) is 23.2 Å². The Morgan fingerprint density at radius 1 is 1.48 bits per heavy atom. The lowest BCUT2D eigenvalue weighted by Gasteiger charge is -2.14. The Hall–Kier alpha value is -1.71. The number of hydrogen-bond acceptors (Lipinski definition) is 6. The molecule has 0 heterocycles. The highest BCUT2D eigenvalue weighted by Gasteiger charge is 2.23. The van der Waals surface area contributed by atoms with E-state index < -0.39 is 20.6 Å². The van der Waals surface area contributed by atoms with Crippen LogP contribution in [0.1, 0.15) is 19.4 Å². The molecule has 9 heteroatoms. The summed E-state index contributed by atoms with van der Waals surface area (Å²) in [4.78, 5) is 9.98. The fourth-order valence-corrected chi connectivity index (χ4v) is 3.15. The number of nitro benzene ring substituents is 1. The van der Waals surface area contributed by atoms with Crippen molar-refractivity contribution < 1.29 is 18.1 Å². The smallest absolute Gasteiger partial charge is 0.293 e. The maximum Gasteiger partial charge on any atom is 0.293 e. The van der Waals surface area contributed by atoms with Crippen LogP contribution in [0.3, 0.4) is 0 Å². The van der Waals surface area contributed by atoms with E-state index in [1.165, 1.54) is 13.0 Å². The Bertz CT molecular complexity index is 630. The molecule has 0 aliphatic carbocycles. The lowest BCUT2D eigenvalue weighted by atomic mass is 10.2. The van der Waals surface area contributed by atoms with Crippen LogP contribution in [0, 0.1) is 17.0 Å². The zero-order valence-corrected chi connectivity index (χ0v) is 12.9. The number of hydrogen-bond donors (Lipinski definition) is 2. The van der Waals surface area contributed by atoms with Gasteiger partial charge in [0.1, 0.15) is 5.69 Å². The van der Waals surface area contributed by atoms with Crippen molar-refractivity contribution in [1.29, 1.82) is 0 Å². The van der Waals surface area contributed by atoms with Gasteiger partial charge >= 0.3 is 0 Å². The number of rotatable bonds is 7. The lowest BCUT2D eigenvalue weighted by Crippen LogP contribution is -2.32. The Morgan fingerprint density at radius 2 is 2.10 bits per heavy atom. The second-order valence-corrected chi connectivity index (χ2v) is 6.29. The molecule has 0 spiro atoms. The highest BCUT2D eigenvalue weighted by atomic mass is 32.2. The van der Waals surface area contributed by atoms with Gasteiger partial charge in [0.05, 0.1) is 15.9 Å². The summed E-state index contributed by atoms with van der Waals surface area (Å²) in [6.07, 6.45) is -0.297. The van der Waals surface area contributed by atoms with E-state index in [1.807, 2.05) is 0 Å². The van der Waals surface area contributed by atoms with E-state index in [0.29, 0.717) is 12.2 Å². The molecule has 0 aliphatic heterocycles. The van der Waals surface area contributed by atoms with E-state index in [2.05, 4.69) is 4.72 Å². The Morgan fingerprint density at radius 3 is 2.62 bits per heavy atom. The molecule has 0 fully saturated rings. The van der Waals surface area contributed by atoms with Crippen LogP contribution < -0.4 is 10.5 Å². The van der Waals surface area contributed by atoms with Gasteiger partial charge in [-0.15, -0.1) is 0 Å². The van der Waals surface area contributed by atoms with Crippen molar-refractivity contribution in [2.75, 3.05) is 18.9 Å². The summed E-state index contributed by atoms with van der Waals surface area (Å²) in [5.41, 5.74) is 5.36. The van der Waals surface area contributed by atoms with Crippen LogP contribution >= 0.6 is 0 Å². The summed E-state index contributed by atoms with van der Waals surface area (Å²) in [6.45, 7) is 5.60. The van der Waals surface area contributed by atoms with E-state index in [1.54, 1.807) is 13.8 Å². The van der Waals surface area contributed by atoms with Gasteiger partial charge < -0.3 is 10.5 Å². The summed E-state index contributed by atoms with van der Waals surface area (Å²) in [6, 6.07) is 2.25. The molecule has 0 saturated heterocycles. The van der Waals surface area contributed by atoms with Crippen molar-refractivity contribution in [1.82, 2.24) is 4.72 Å². The maximum absolute atomic E-state index is 12.2. The van der Waals surface area contributed by atoms with Gasteiger partial charge in [0, 0.05) is 19.2 Å². The molecule has 0 saturated carbocycles. The Labute approximate surface area is 123 Å². The summed E-state index contributed by atoms with van der Waals surface area (Å²) in [7, 11) is -3.87. The van der Waals surface area contributed by atoms with Crippen LogP contribution in [0.15, 0.2) is 17.0 Å². The molecule has 8 nitrogen and oxygen atoms in total. The molecular weight excluding hydrogens is 298 g/mol. The monoisotopic (exact) mass is 317 g/mol. The summed E-state index contributed by atoms with van der Waals surface area (Å²) >= 11 is 0. The number of ether oxygens (including phenoxy) is 1. The molecule has 0 bridgehead atoms. The number of benzene rings is 1.